The molecular weight excluding hydrogens is 164 g/mol. The molecule has 0 amide bonds. The van der Waals surface area contributed by atoms with E-state index in [0.29, 0.717) is 5.92 Å². The van der Waals surface area contributed by atoms with Gasteiger partial charge in [-0.1, -0.05) is 12.2 Å². The normalized spacial score (nSPS) is 32.2. The van der Waals surface area contributed by atoms with Crippen LogP contribution in [0.1, 0.15) is 12.8 Å². The fourth-order valence-corrected chi connectivity index (χ4v) is 2.20. The summed E-state index contributed by atoms with van der Waals surface area (Å²) < 4.78 is 0. The van der Waals surface area contributed by atoms with Crippen LogP contribution < -0.4 is 10.6 Å². The van der Waals surface area contributed by atoms with Gasteiger partial charge in [0.25, 0.3) is 0 Å². The standard InChI is InChI=1S/C10H18N2O/c13-10(9-2-1-5-12-9)8-3-6-11-7-4-8/h1-2,8-13H,3-7H2. The smallest absolute Gasteiger partial charge is 0.0758 e. The summed E-state index contributed by atoms with van der Waals surface area (Å²) in [6, 6.07) is 0.197. The number of rotatable bonds is 2. The minimum atomic E-state index is -0.194. The number of piperidine rings is 1. The molecule has 0 bridgehead atoms. The average molecular weight is 182 g/mol. The lowest BCUT2D eigenvalue weighted by Crippen LogP contribution is -2.43. The highest BCUT2D eigenvalue weighted by Crippen LogP contribution is 2.20. The summed E-state index contributed by atoms with van der Waals surface area (Å²) in [6.45, 7) is 3.02. The molecule has 2 unspecified atom stereocenters. The summed E-state index contributed by atoms with van der Waals surface area (Å²) in [4.78, 5) is 0. The molecule has 1 saturated heterocycles. The predicted octanol–water partition coefficient (Wildman–Crippen LogP) is -0.125. The Morgan fingerprint density at radius 3 is 2.69 bits per heavy atom. The molecule has 3 N–H and O–H groups in total. The molecule has 2 aliphatic heterocycles. The van der Waals surface area contributed by atoms with Gasteiger partial charge in [-0.25, -0.2) is 0 Å². The quantitative estimate of drug-likeness (QED) is 0.521. The first kappa shape index (κ1) is 9.19. The maximum absolute atomic E-state index is 10.0. The molecule has 0 saturated carbocycles. The summed E-state index contributed by atoms with van der Waals surface area (Å²) in [7, 11) is 0. The van der Waals surface area contributed by atoms with Crippen molar-refractivity contribution in [2.45, 2.75) is 25.0 Å². The van der Waals surface area contributed by atoms with Gasteiger partial charge >= 0.3 is 0 Å². The molecule has 0 aromatic rings. The van der Waals surface area contributed by atoms with Gasteiger partial charge in [0.15, 0.2) is 0 Å². The van der Waals surface area contributed by atoms with Crippen molar-refractivity contribution in [3.05, 3.63) is 12.2 Å². The van der Waals surface area contributed by atoms with Crippen molar-refractivity contribution >= 4 is 0 Å². The van der Waals surface area contributed by atoms with E-state index in [4.69, 9.17) is 0 Å². The fourth-order valence-electron chi connectivity index (χ4n) is 2.20. The van der Waals surface area contributed by atoms with Gasteiger partial charge in [0.05, 0.1) is 12.1 Å². The number of aliphatic hydroxyl groups excluding tert-OH is 1. The van der Waals surface area contributed by atoms with Crippen molar-refractivity contribution < 1.29 is 5.11 Å². The molecule has 0 aromatic carbocycles. The van der Waals surface area contributed by atoms with Crippen LogP contribution in [0.2, 0.25) is 0 Å². The molecule has 0 aliphatic carbocycles. The molecule has 1 fully saturated rings. The molecule has 3 nitrogen and oxygen atoms in total. The third kappa shape index (κ3) is 2.10. The molecule has 2 atom stereocenters. The van der Waals surface area contributed by atoms with E-state index >= 15 is 0 Å². The Hall–Kier alpha value is -0.380. The third-order valence-corrected chi connectivity index (χ3v) is 3.05. The lowest BCUT2D eigenvalue weighted by atomic mass is 9.88. The van der Waals surface area contributed by atoms with Gasteiger partial charge < -0.3 is 15.7 Å². The predicted molar refractivity (Wildman–Crippen MR) is 52.5 cm³/mol. The molecule has 74 valence electrons. The highest BCUT2D eigenvalue weighted by molar-refractivity contribution is 5.06. The molecule has 0 aromatic heterocycles. The van der Waals surface area contributed by atoms with Gasteiger partial charge in [0, 0.05) is 6.54 Å². The summed E-state index contributed by atoms with van der Waals surface area (Å²) in [6.07, 6.45) is 6.20. The van der Waals surface area contributed by atoms with Crippen molar-refractivity contribution in [3.8, 4) is 0 Å². The molecule has 2 heterocycles. The van der Waals surface area contributed by atoms with Crippen LogP contribution in [0.3, 0.4) is 0 Å². The maximum Gasteiger partial charge on any atom is 0.0758 e. The van der Waals surface area contributed by atoms with Crippen LogP contribution in [0.4, 0.5) is 0 Å². The first-order valence-electron chi connectivity index (χ1n) is 5.17. The lowest BCUT2D eigenvalue weighted by Gasteiger charge is -2.30. The molecular formula is C10H18N2O. The van der Waals surface area contributed by atoms with Crippen LogP contribution in [0.25, 0.3) is 0 Å². The van der Waals surface area contributed by atoms with Crippen LogP contribution in [0, 0.1) is 5.92 Å². The minimum Gasteiger partial charge on any atom is -0.391 e. The monoisotopic (exact) mass is 182 g/mol. The van der Waals surface area contributed by atoms with Crippen LogP contribution in [0.5, 0.6) is 0 Å². The van der Waals surface area contributed by atoms with E-state index in [1.165, 1.54) is 0 Å². The first-order valence-corrected chi connectivity index (χ1v) is 5.17. The fraction of sp³-hybridized carbons (Fsp3) is 0.800. The first-order chi connectivity index (χ1) is 6.38. The summed E-state index contributed by atoms with van der Waals surface area (Å²) in [5, 5.41) is 16.6. The maximum atomic E-state index is 10.0. The Bertz CT molecular complexity index is 187. The topological polar surface area (TPSA) is 44.3 Å². The van der Waals surface area contributed by atoms with Gasteiger partial charge in [-0.15, -0.1) is 0 Å². The largest absolute Gasteiger partial charge is 0.391 e. The Morgan fingerprint density at radius 2 is 2.08 bits per heavy atom. The zero-order valence-electron chi connectivity index (χ0n) is 7.87. The van der Waals surface area contributed by atoms with Crippen molar-refractivity contribution in [3.63, 3.8) is 0 Å². The Kier molecular flexibility index (Phi) is 2.98. The second-order valence-corrected chi connectivity index (χ2v) is 3.94. The zero-order valence-corrected chi connectivity index (χ0v) is 7.87. The van der Waals surface area contributed by atoms with Gasteiger partial charge in [-0.3, -0.25) is 0 Å². The Morgan fingerprint density at radius 1 is 1.31 bits per heavy atom. The SMILES string of the molecule is OC(C1CCNCC1)C1C=CCN1. The van der Waals surface area contributed by atoms with Crippen LogP contribution in [-0.2, 0) is 0 Å². The second kappa shape index (κ2) is 4.22. The summed E-state index contributed by atoms with van der Waals surface area (Å²) in [5.74, 6) is 0.474. The van der Waals surface area contributed by atoms with E-state index in [0.717, 1.165) is 32.5 Å². The highest BCUT2D eigenvalue weighted by Gasteiger charge is 2.27. The van der Waals surface area contributed by atoms with Crippen molar-refractivity contribution in [1.82, 2.24) is 10.6 Å². The molecule has 0 radical (unpaired) electrons. The third-order valence-electron chi connectivity index (χ3n) is 3.05. The Labute approximate surface area is 79.2 Å². The second-order valence-electron chi connectivity index (χ2n) is 3.94. The van der Waals surface area contributed by atoms with Gasteiger partial charge in [-0.2, -0.15) is 0 Å². The van der Waals surface area contributed by atoms with Gasteiger partial charge in [0.1, 0.15) is 0 Å². The van der Waals surface area contributed by atoms with E-state index in [9.17, 15) is 5.11 Å². The molecule has 2 rings (SSSR count). The minimum absolute atomic E-state index is 0.194. The molecule has 2 aliphatic rings. The molecule has 0 spiro atoms. The number of hydrogen-bond acceptors (Lipinski definition) is 3. The highest BCUT2D eigenvalue weighted by atomic mass is 16.3. The Balaban J connectivity index is 1.87. The number of aliphatic hydroxyl groups is 1. The number of hydrogen-bond donors (Lipinski definition) is 3. The van der Waals surface area contributed by atoms with Crippen molar-refractivity contribution in [1.29, 1.82) is 0 Å². The van der Waals surface area contributed by atoms with Crippen LogP contribution >= 0.6 is 0 Å². The molecule has 13 heavy (non-hydrogen) atoms. The van der Waals surface area contributed by atoms with Crippen LogP contribution in [0.15, 0.2) is 12.2 Å². The summed E-state index contributed by atoms with van der Waals surface area (Å²) in [5.41, 5.74) is 0. The van der Waals surface area contributed by atoms with E-state index < -0.39 is 0 Å². The van der Waals surface area contributed by atoms with Crippen LogP contribution in [-0.4, -0.2) is 36.9 Å². The van der Waals surface area contributed by atoms with E-state index in [1.807, 2.05) is 0 Å². The zero-order chi connectivity index (χ0) is 9.10. The van der Waals surface area contributed by atoms with Crippen molar-refractivity contribution in [2.75, 3.05) is 19.6 Å². The van der Waals surface area contributed by atoms with E-state index in [2.05, 4.69) is 22.8 Å². The number of nitrogens with one attached hydrogen (secondary N) is 2. The van der Waals surface area contributed by atoms with Crippen molar-refractivity contribution in [2.24, 2.45) is 5.92 Å². The lowest BCUT2D eigenvalue weighted by molar-refractivity contribution is 0.0706. The van der Waals surface area contributed by atoms with Gasteiger partial charge in [-0.05, 0) is 31.8 Å². The van der Waals surface area contributed by atoms with E-state index in [-0.39, 0.29) is 12.1 Å². The van der Waals surface area contributed by atoms with Gasteiger partial charge in [0.2, 0.25) is 0 Å². The average Bonchev–Trinajstić information content (AvgIpc) is 2.71. The van der Waals surface area contributed by atoms with E-state index in [1.54, 1.807) is 0 Å². The molecule has 3 heteroatoms. The summed E-state index contributed by atoms with van der Waals surface area (Å²) >= 11 is 0.